The molecular formula is C17H32N2. The average Bonchev–Trinajstić information content (AvgIpc) is 2.80. The van der Waals surface area contributed by atoms with Crippen LogP contribution in [0.25, 0.3) is 0 Å². The molecule has 0 spiro atoms. The molecule has 0 saturated carbocycles. The van der Waals surface area contributed by atoms with Crippen molar-refractivity contribution >= 4 is 0 Å². The molecular weight excluding hydrogens is 232 g/mol. The van der Waals surface area contributed by atoms with Crippen molar-refractivity contribution < 1.29 is 0 Å². The summed E-state index contributed by atoms with van der Waals surface area (Å²) in [4.78, 5) is 0. The van der Waals surface area contributed by atoms with E-state index in [-0.39, 0.29) is 0 Å². The lowest BCUT2D eigenvalue weighted by atomic mass is 9.90. The first-order valence-electron chi connectivity index (χ1n) is 8.23. The van der Waals surface area contributed by atoms with Crippen LogP contribution in [-0.2, 0) is 13.5 Å². The summed E-state index contributed by atoms with van der Waals surface area (Å²) >= 11 is 0. The predicted molar refractivity (Wildman–Crippen MR) is 83.3 cm³/mol. The number of aryl methyl sites for hydroxylation is 1. The van der Waals surface area contributed by atoms with Gasteiger partial charge in [-0.15, -0.1) is 0 Å². The van der Waals surface area contributed by atoms with E-state index in [1.807, 2.05) is 17.9 Å². The van der Waals surface area contributed by atoms with E-state index in [4.69, 9.17) is 0 Å². The van der Waals surface area contributed by atoms with E-state index in [0.29, 0.717) is 0 Å². The summed E-state index contributed by atoms with van der Waals surface area (Å²) < 4.78 is 1.93. The molecule has 0 aliphatic carbocycles. The molecule has 0 aliphatic rings. The van der Waals surface area contributed by atoms with Gasteiger partial charge in [-0.1, -0.05) is 71.6 Å². The van der Waals surface area contributed by atoms with Crippen LogP contribution in [0.2, 0.25) is 0 Å². The fourth-order valence-corrected chi connectivity index (χ4v) is 2.80. The molecule has 0 fully saturated rings. The molecule has 110 valence electrons. The Labute approximate surface area is 119 Å². The van der Waals surface area contributed by atoms with Crippen LogP contribution in [-0.4, -0.2) is 9.78 Å². The van der Waals surface area contributed by atoms with Gasteiger partial charge in [0.2, 0.25) is 0 Å². The van der Waals surface area contributed by atoms with Crippen molar-refractivity contribution in [3.8, 4) is 0 Å². The second-order valence-electron chi connectivity index (χ2n) is 5.94. The highest BCUT2D eigenvalue weighted by Gasteiger charge is 2.10. The molecule has 1 atom stereocenters. The quantitative estimate of drug-likeness (QED) is 0.507. The van der Waals surface area contributed by atoms with Gasteiger partial charge in [0.15, 0.2) is 0 Å². The monoisotopic (exact) mass is 264 g/mol. The maximum atomic E-state index is 4.29. The second-order valence-corrected chi connectivity index (χ2v) is 5.94. The number of hydrogen-bond donors (Lipinski definition) is 0. The zero-order valence-electron chi connectivity index (χ0n) is 13.2. The van der Waals surface area contributed by atoms with E-state index in [9.17, 15) is 0 Å². The van der Waals surface area contributed by atoms with Gasteiger partial charge in [-0.25, -0.2) is 0 Å². The maximum absolute atomic E-state index is 4.29. The number of rotatable bonds is 11. The Balaban J connectivity index is 2.34. The molecule has 0 amide bonds. The number of unbranched alkanes of at least 4 members (excludes halogenated alkanes) is 5. The Bertz CT molecular complexity index is 317. The van der Waals surface area contributed by atoms with E-state index >= 15 is 0 Å². The van der Waals surface area contributed by atoms with Crippen LogP contribution in [0.5, 0.6) is 0 Å². The Hall–Kier alpha value is -0.790. The highest BCUT2D eigenvalue weighted by Crippen LogP contribution is 2.22. The van der Waals surface area contributed by atoms with Gasteiger partial charge in [0, 0.05) is 13.2 Å². The lowest BCUT2D eigenvalue weighted by Crippen LogP contribution is -2.05. The first-order valence-corrected chi connectivity index (χ1v) is 8.23. The van der Waals surface area contributed by atoms with Gasteiger partial charge in [0.1, 0.15) is 0 Å². The minimum atomic E-state index is 0.868. The van der Waals surface area contributed by atoms with E-state index in [2.05, 4.69) is 25.1 Å². The summed E-state index contributed by atoms with van der Waals surface area (Å²) in [5.74, 6) is 0.868. The van der Waals surface area contributed by atoms with Crippen LogP contribution in [0.4, 0.5) is 0 Å². The number of hydrogen-bond acceptors (Lipinski definition) is 1. The van der Waals surface area contributed by atoms with Gasteiger partial charge in [-0.2, -0.15) is 5.10 Å². The second kappa shape index (κ2) is 10.1. The third-order valence-electron chi connectivity index (χ3n) is 3.96. The Morgan fingerprint density at radius 1 is 1.00 bits per heavy atom. The lowest BCUT2D eigenvalue weighted by molar-refractivity contribution is 0.406. The maximum Gasteiger partial charge on any atom is 0.0521 e. The van der Waals surface area contributed by atoms with Crippen LogP contribution in [0.1, 0.15) is 77.2 Å². The van der Waals surface area contributed by atoms with Crippen molar-refractivity contribution in [2.24, 2.45) is 13.0 Å². The molecule has 0 saturated heterocycles. The van der Waals surface area contributed by atoms with Crippen molar-refractivity contribution in [1.82, 2.24) is 9.78 Å². The molecule has 1 heterocycles. The van der Waals surface area contributed by atoms with E-state index < -0.39 is 0 Å². The number of nitrogens with zero attached hydrogens (tertiary/aromatic N) is 2. The zero-order valence-corrected chi connectivity index (χ0v) is 13.2. The van der Waals surface area contributed by atoms with Crippen LogP contribution in [0, 0.1) is 5.92 Å². The predicted octanol–water partition coefficient (Wildman–Crippen LogP) is 5.13. The van der Waals surface area contributed by atoms with Gasteiger partial charge in [0.25, 0.3) is 0 Å². The minimum absolute atomic E-state index is 0.868. The minimum Gasteiger partial charge on any atom is -0.276 e. The van der Waals surface area contributed by atoms with Gasteiger partial charge < -0.3 is 0 Å². The van der Waals surface area contributed by atoms with Gasteiger partial charge >= 0.3 is 0 Å². The van der Waals surface area contributed by atoms with Crippen LogP contribution in [0.3, 0.4) is 0 Å². The van der Waals surface area contributed by atoms with Gasteiger partial charge in [-0.3, -0.25) is 4.68 Å². The lowest BCUT2D eigenvalue weighted by Gasteiger charge is -2.16. The fourth-order valence-electron chi connectivity index (χ4n) is 2.80. The first kappa shape index (κ1) is 16.3. The van der Waals surface area contributed by atoms with Crippen LogP contribution >= 0.6 is 0 Å². The molecule has 0 aromatic carbocycles. The van der Waals surface area contributed by atoms with Crippen LogP contribution < -0.4 is 0 Å². The molecule has 2 heteroatoms. The molecule has 0 bridgehead atoms. The molecule has 2 nitrogen and oxygen atoms in total. The summed E-state index contributed by atoms with van der Waals surface area (Å²) in [6, 6.07) is 0. The average molecular weight is 264 g/mol. The largest absolute Gasteiger partial charge is 0.276 e. The third kappa shape index (κ3) is 7.39. The fraction of sp³-hybridized carbons (Fsp3) is 0.824. The SMILES string of the molecule is CCCCCCC(CCCCC)Cc1cnn(C)c1. The van der Waals surface area contributed by atoms with Crippen LogP contribution in [0.15, 0.2) is 12.4 Å². The molecule has 0 radical (unpaired) electrons. The summed E-state index contributed by atoms with van der Waals surface area (Å²) in [7, 11) is 2.01. The van der Waals surface area contributed by atoms with Crippen molar-refractivity contribution in [3.63, 3.8) is 0 Å². The van der Waals surface area contributed by atoms with E-state index in [0.717, 1.165) is 5.92 Å². The summed E-state index contributed by atoms with van der Waals surface area (Å²) in [6.45, 7) is 4.58. The van der Waals surface area contributed by atoms with Crippen molar-refractivity contribution in [2.45, 2.75) is 78.1 Å². The Kier molecular flexibility index (Phi) is 8.61. The summed E-state index contributed by atoms with van der Waals surface area (Å²) in [5, 5.41) is 4.29. The molecule has 1 rings (SSSR count). The topological polar surface area (TPSA) is 17.8 Å². The Morgan fingerprint density at radius 2 is 1.63 bits per heavy atom. The van der Waals surface area contributed by atoms with E-state index in [1.165, 1.54) is 69.8 Å². The normalized spacial score (nSPS) is 12.8. The zero-order chi connectivity index (χ0) is 13.9. The first-order chi connectivity index (χ1) is 9.26. The van der Waals surface area contributed by atoms with Crippen molar-refractivity contribution in [1.29, 1.82) is 0 Å². The third-order valence-corrected chi connectivity index (χ3v) is 3.96. The molecule has 1 unspecified atom stereocenters. The molecule has 1 aromatic heterocycles. The number of aromatic nitrogens is 2. The highest BCUT2D eigenvalue weighted by atomic mass is 15.2. The van der Waals surface area contributed by atoms with Gasteiger partial charge in [-0.05, 0) is 17.9 Å². The summed E-state index contributed by atoms with van der Waals surface area (Å²) in [5.41, 5.74) is 1.42. The van der Waals surface area contributed by atoms with Gasteiger partial charge in [0.05, 0.1) is 6.20 Å². The standard InChI is InChI=1S/C17H32N2/c1-4-6-8-10-12-16(11-9-7-5-2)13-17-14-18-19(3)15-17/h14-16H,4-13H2,1-3H3. The molecule has 1 aromatic rings. The van der Waals surface area contributed by atoms with Crippen molar-refractivity contribution in [3.05, 3.63) is 18.0 Å². The summed E-state index contributed by atoms with van der Waals surface area (Å²) in [6.07, 6.45) is 17.9. The molecule has 19 heavy (non-hydrogen) atoms. The molecule has 0 N–H and O–H groups in total. The smallest absolute Gasteiger partial charge is 0.0521 e. The van der Waals surface area contributed by atoms with Crippen molar-refractivity contribution in [2.75, 3.05) is 0 Å². The van der Waals surface area contributed by atoms with E-state index in [1.54, 1.807) is 0 Å². The highest BCUT2D eigenvalue weighted by molar-refractivity contribution is 5.04. The molecule has 0 aliphatic heterocycles. The Morgan fingerprint density at radius 3 is 2.21 bits per heavy atom.